The largest absolute Gasteiger partial charge is 0.508 e. The van der Waals surface area contributed by atoms with Gasteiger partial charge in [-0.25, -0.2) is 0 Å². The number of hydrogen-bond acceptors (Lipinski definition) is 5. The molecule has 30 heavy (non-hydrogen) atoms. The van der Waals surface area contributed by atoms with Crippen LogP contribution in [0.15, 0.2) is 66.8 Å². The van der Waals surface area contributed by atoms with Crippen LogP contribution in [0.1, 0.15) is 21.6 Å². The SMILES string of the molecule is Cc1c(CC(=O)OCC=CCO)c2cc(O)ccc2n1C(=O)C=Cc1ccccc1. The normalized spacial score (nSPS) is 11.5. The molecule has 0 bridgehead atoms. The molecule has 1 heterocycles. The third-order valence-electron chi connectivity index (χ3n) is 4.69. The molecule has 0 fully saturated rings. The fourth-order valence-electron chi connectivity index (χ4n) is 3.26. The number of benzene rings is 2. The topological polar surface area (TPSA) is 88.8 Å². The zero-order valence-electron chi connectivity index (χ0n) is 16.6. The number of aliphatic hydroxyl groups is 1. The number of esters is 1. The summed E-state index contributed by atoms with van der Waals surface area (Å²) in [4.78, 5) is 25.2. The molecule has 6 heteroatoms. The van der Waals surface area contributed by atoms with Gasteiger partial charge < -0.3 is 14.9 Å². The van der Waals surface area contributed by atoms with Crippen LogP contribution in [0.2, 0.25) is 0 Å². The standard InChI is InChI=1S/C24H23NO5/c1-17-20(16-24(29)30-14-6-5-13-26)21-15-19(27)10-11-22(21)25(17)23(28)12-9-18-7-3-2-4-8-18/h2-12,15,26-27H,13-14,16H2,1H3. The minimum atomic E-state index is -0.463. The van der Waals surface area contributed by atoms with E-state index in [1.165, 1.54) is 22.8 Å². The lowest BCUT2D eigenvalue weighted by Gasteiger charge is -2.05. The van der Waals surface area contributed by atoms with E-state index in [0.29, 0.717) is 22.2 Å². The second-order valence-electron chi connectivity index (χ2n) is 6.70. The van der Waals surface area contributed by atoms with Gasteiger partial charge in [-0.3, -0.25) is 14.2 Å². The monoisotopic (exact) mass is 405 g/mol. The van der Waals surface area contributed by atoms with Crippen LogP contribution in [0.3, 0.4) is 0 Å². The number of phenolic OH excluding ortho intramolecular Hbond substituents is 1. The van der Waals surface area contributed by atoms with Crippen molar-refractivity contribution in [1.82, 2.24) is 4.57 Å². The molecule has 0 aliphatic rings. The number of fused-ring (bicyclic) bond motifs is 1. The van der Waals surface area contributed by atoms with Crippen LogP contribution in [0, 0.1) is 6.92 Å². The molecular weight excluding hydrogens is 382 g/mol. The van der Waals surface area contributed by atoms with Gasteiger partial charge in [-0.15, -0.1) is 0 Å². The summed E-state index contributed by atoms with van der Waals surface area (Å²) in [5.41, 5.74) is 2.74. The Labute approximate surface area is 174 Å². The highest BCUT2D eigenvalue weighted by Gasteiger charge is 2.20. The Morgan fingerprint density at radius 3 is 2.60 bits per heavy atom. The first-order chi connectivity index (χ1) is 14.5. The highest BCUT2D eigenvalue weighted by atomic mass is 16.5. The summed E-state index contributed by atoms with van der Waals surface area (Å²) in [7, 11) is 0. The minimum Gasteiger partial charge on any atom is -0.508 e. The molecule has 154 valence electrons. The summed E-state index contributed by atoms with van der Waals surface area (Å²) < 4.78 is 6.68. The van der Waals surface area contributed by atoms with Crippen LogP contribution in [-0.2, 0) is 16.0 Å². The van der Waals surface area contributed by atoms with E-state index in [1.54, 1.807) is 31.2 Å². The summed E-state index contributed by atoms with van der Waals surface area (Å²) in [6.07, 6.45) is 6.21. The molecule has 2 aromatic carbocycles. The van der Waals surface area contributed by atoms with Crippen molar-refractivity contribution in [2.45, 2.75) is 13.3 Å². The molecular formula is C24H23NO5. The predicted octanol–water partition coefficient (Wildman–Crippen LogP) is 3.64. The van der Waals surface area contributed by atoms with Gasteiger partial charge in [0.2, 0.25) is 0 Å². The molecule has 3 aromatic rings. The van der Waals surface area contributed by atoms with Crippen LogP contribution < -0.4 is 0 Å². The highest BCUT2D eigenvalue weighted by molar-refractivity contribution is 6.03. The van der Waals surface area contributed by atoms with E-state index in [1.807, 2.05) is 30.3 Å². The first kappa shape index (κ1) is 21.1. The van der Waals surface area contributed by atoms with Gasteiger partial charge in [-0.05, 0) is 48.4 Å². The summed E-state index contributed by atoms with van der Waals surface area (Å²) in [5, 5.41) is 19.3. The van der Waals surface area contributed by atoms with Crippen molar-refractivity contribution in [1.29, 1.82) is 0 Å². The van der Waals surface area contributed by atoms with Gasteiger partial charge in [-0.1, -0.05) is 36.4 Å². The summed E-state index contributed by atoms with van der Waals surface area (Å²) in [6.45, 7) is 1.70. The number of ether oxygens (including phenoxy) is 1. The zero-order valence-corrected chi connectivity index (χ0v) is 16.6. The maximum atomic E-state index is 12.9. The molecule has 0 atom stereocenters. The second kappa shape index (κ2) is 9.71. The Balaban J connectivity index is 1.92. The second-order valence-corrected chi connectivity index (χ2v) is 6.70. The number of allylic oxidation sites excluding steroid dienone is 1. The molecule has 0 aliphatic carbocycles. The van der Waals surface area contributed by atoms with Crippen LogP contribution >= 0.6 is 0 Å². The van der Waals surface area contributed by atoms with Gasteiger partial charge >= 0.3 is 5.97 Å². The molecule has 0 radical (unpaired) electrons. The minimum absolute atomic E-state index is 0.0402. The van der Waals surface area contributed by atoms with Crippen molar-refractivity contribution in [3.63, 3.8) is 0 Å². The third-order valence-corrected chi connectivity index (χ3v) is 4.69. The van der Waals surface area contributed by atoms with Gasteiger partial charge in [0.15, 0.2) is 0 Å². The van der Waals surface area contributed by atoms with Crippen molar-refractivity contribution < 1.29 is 24.5 Å². The van der Waals surface area contributed by atoms with Crippen molar-refractivity contribution in [2.75, 3.05) is 13.2 Å². The van der Waals surface area contributed by atoms with Crippen molar-refractivity contribution in [3.05, 3.63) is 83.6 Å². The van der Waals surface area contributed by atoms with E-state index in [0.717, 1.165) is 5.56 Å². The smallest absolute Gasteiger partial charge is 0.310 e. The molecule has 0 aliphatic heterocycles. The first-order valence-electron chi connectivity index (χ1n) is 9.53. The fourth-order valence-corrected chi connectivity index (χ4v) is 3.26. The van der Waals surface area contributed by atoms with Gasteiger partial charge in [0.1, 0.15) is 12.4 Å². The zero-order chi connectivity index (χ0) is 21.5. The van der Waals surface area contributed by atoms with E-state index in [2.05, 4.69) is 0 Å². The maximum Gasteiger partial charge on any atom is 0.310 e. The quantitative estimate of drug-likeness (QED) is 0.356. The number of nitrogens with zero attached hydrogens (tertiary/aromatic N) is 1. The number of aromatic hydroxyl groups is 1. The van der Waals surface area contributed by atoms with Crippen molar-refractivity contribution in [2.24, 2.45) is 0 Å². The molecule has 2 N–H and O–H groups in total. The highest BCUT2D eigenvalue weighted by Crippen LogP contribution is 2.30. The average Bonchev–Trinajstić information content (AvgIpc) is 3.01. The number of rotatable bonds is 7. The molecule has 0 amide bonds. The first-order valence-corrected chi connectivity index (χ1v) is 9.53. The Morgan fingerprint density at radius 1 is 1.10 bits per heavy atom. The van der Waals surface area contributed by atoms with E-state index >= 15 is 0 Å². The van der Waals surface area contributed by atoms with Gasteiger partial charge in [0, 0.05) is 17.2 Å². The lowest BCUT2D eigenvalue weighted by Crippen LogP contribution is -2.12. The molecule has 0 spiro atoms. The Hall–Kier alpha value is -3.64. The van der Waals surface area contributed by atoms with E-state index in [9.17, 15) is 14.7 Å². The number of phenols is 1. The lowest BCUT2D eigenvalue weighted by atomic mass is 10.1. The van der Waals surface area contributed by atoms with Gasteiger partial charge in [0.05, 0.1) is 18.5 Å². The summed E-state index contributed by atoms with van der Waals surface area (Å²) in [5.74, 6) is -0.666. The van der Waals surface area contributed by atoms with Crippen LogP contribution in [0.25, 0.3) is 17.0 Å². The van der Waals surface area contributed by atoms with E-state index in [4.69, 9.17) is 9.84 Å². The average molecular weight is 405 g/mol. The molecule has 0 unspecified atom stereocenters. The van der Waals surface area contributed by atoms with Gasteiger partial charge in [0.25, 0.3) is 5.91 Å². The Kier molecular flexibility index (Phi) is 6.83. The molecule has 6 nitrogen and oxygen atoms in total. The predicted molar refractivity (Wildman–Crippen MR) is 115 cm³/mol. The van der Waals surface area contributed by atoms with Crippen LogP contribution in [0.4, 0.5) is 0 Å². The number of aliphatic hydroxyl groups excluding tert-OH is 1. The molecule has 1 aromatic heterocycles. The number of aromatic nitrogens is 1. The van der Waals surface area contributed by atoms with Gasteiger partial charge in [-0.2, -0.15) is 0 Å². The Morgan fingerprint density at radius 2 is 1.87 bits per heavy atom. The molecule has 0 saturated carbocycles. The fraction of sp³-hybridized carbons (Fsp3) is 0.167. The third kappa shape index (κ3) is 4.85. The number of carbonyl (C=O) groups is 2. The van der Waals surface area contributed by atoms with E-state index in [-0.39, 0.29) is 31.3 Å². The molecule has 0 saturated heterocycles. The number of hydrogen-bond donors (Lipinski definition) is 2. The number of carbonyl (C=O) groups excluding carboxylic acids is 2. The Bertz CT molecular complexity index is 1110. The maximum absolute atomic E-state index is 12.9. The molecule has 3 rings (SSSR count). The van der Waals surface area contributed by atoms with E-state index < -0.39 is 5.97 Å². The summed E-state index contributed by atoms with van der Waals surface area (Å²) in [6, 6.07) is 14.2. The van der Waals surface area contributed by atoms with Crippen LogP contribution in [-0.4, -0.2) is 39.9 Å². The van der Waals surface area contributed by atoms with Crippen molar-refractivity contribution in [3.8, 4) is 5.75 Å². The summed E-state index contributed by atoms with van der Waals surface area (Å²) >= 11 is 0. The van der Waals surface area contributed by atoms with Crippen LogP contribution in [0.5, 0.6) is 5.75 Å². The van der Waals surface area contributed by atoms with Crippen molar-refractivity contribution >= 4 is 28.9 Å². The lowest BCUT2D eigenvalue weighted by molar-refractivity contribution is -0.141.